The minimum absolute atomic E-state index is 0.212. The van der Waals surface area contributed by atoms with Crippen molar-refractivity contribution in [1.29, 1.82) is 0 Å². The van der Waals surface area contributed by atoms with E-state index in [1.807, 2.05) is 19.2 Å². The quantitative estimate of drug-likeness (QED) is 0.687. The molecule has 1 atom stereocenters. The number of aromatic amines is 1. The molecule has 0 saturated carbocycles. The Hall–Kier alpha value is -2.01. The summed E-state index contributed by atoms with van der Waals surface area (Å²) in [4.78, 5) is 0. The number of ether oxygens (including phenoxy) is 2. The Kier molecular flexibility index (Phi) is 7.12. The van der Waals surface area contributed by atoms with Gasteiger partial charge in [0.25, 0.3) is 0 Å². The standard InChI is InChI=1S/C19H29N3O2/c1-5-9-23-18-8-7-16(11-19(18)24-10-6-2)14(3)20-12-17-13-21-22-15(17)4/h7-8,11,13-14,20H,5-6,9-10,12H2,1-4H3,(H,21,22). The average Bonchev–Trinajstić information content (AvgIpc) is 3.01. The molecule has 132 valence electrons. The topological polar surface area (TPSA) is 59.2 Å². The molecule has 24 heavy (non-hydrogen) atoms. The molecular weight excluding hydrogens is 302 g/mol. The Labute approximate surface area is 144 Å². The monoisotopic (exact) mass is 331 g/mol. The Morgan fingerprint density at radius 2 is 1.83 bits per heavy atom. The Morgan fingerprint density at radius 3 is 2.46 bits per heavy atom. The normalized spacial score (nSPS) is 12.2. The predicted octanol–water partition coefficient (Wildman–Crippen LogP) is 4.15. The smallest absolute Gasteiger partial charge is 0.161 e. The van der Waals surface area contributed by atoms with Gasteiger partial charge in [0.15, 0.2) is 11.5 Å². The maximum absolute atomic E-state index is 5.88. The van der Waals surface area contributed by atoms with Crippen molar-refractivity contribution in [3.05, 3.63) is 41.2 Å². The summed E-state index contributed by atoms with van der Waals surface area (Å²) in [5, 5.41) is 10.6. The van der Waals surface area contributed by atoms with Gasteiger partial charge in [0, 0.05) is 23.8 Å². The highest BCUT2D eigenvalue weighted by Crippen LogP contribution is 2.31. The van der Waals surface area contributed by atoms with Crippen LogP contribution in [0.25, 0.3) is 0 Å². The van der Waals surface area contributed by atoms with Gasteiger partial charge in [0.05, 0.1) is 19.4 Å². The zero-order valence-electron chi connectivity index (χ0n) is 15.2. The summed E-state index contributed by atoms with van der Waals surface area (Å²) < 4.78 is 11.7. The van der Waals surface area contributed by atoms with Crippen molar-refractivity contribution in [3.63, 3.8) is 0 Å². The fraction of sp³-hybridized carbons (Fsp3) is 0.526. The van der Waals surface area contributed by atoms with Crippen LogP contribution in [-0.2, 0) is 6.54 Å². The first-order chi connectivity index (χ1) is 11.7. The first kappa shape index (κ1) is 18.3. The van der Waals surface area contributed by atoms with Gasteiger partial charge in [-0.15, -0.1) is 0 Å². The average molecular weight is 331 g/mol. The number of nitrogens with one attached hydrogen (secondary N) is 2. The van der Waals surface area contributed by atoms with E-state index in [4.69, 9.17) is 9.47 Å². The second kappa shape index (κ2) is 9.33. The van der Waals surface area contributed by atoms with E-state index in [1.54, 1.807) is 0 Å². The number of hydrogen-bond acceptors (Lipinski definition) is 4. The molecule has 2 rings (SSSR count). The Morgan fingerprint density at radius 1 is 1.12 bits per heavy atom. The van der Waals surface area contributed by atoms with Crippen molar-refractivity contribution in [2.75, 3.05) is 13.2 Å². The van der Waals surface area contributed by atoms with Gasteiger partial charge >= 0.3 is 0 Å². The van der Waals surface area contributed by atoms with Crippen LogP contribution < -0.4 is 14.8 Å². The first-order valence-electron chi connectivity index (χ1n) is 8.77. The lowest BCUT2D eigenvalue weighted by Crippen LogP contribution is -2.18. The third-order valence-electron chi connectivity index (χ3n) is 3.92. The summed E-state index contributed by atoms with van der Waals surface area (Å²) in [5.41, 5.74) is 3.48. The van der Waals surface area contributed by atoms with Gasteiger partial charge in [-0.25, -0.2) is 0 Å². The molecule has 0 aliphatic rings. The number of nitrogens with zero attached hydrogens (tertiary/aromatic N) is 1. The molecule has 1 unspecified atom stereocenters. The van der Waals surface area contributed by atoms with Crippen molar-refractivity contribution in [3.8, 4) is 11.5 Å². The van der Waals surface area contributed by atoms with Crippen LogP contribution in [-0.4, -0.2) is 23.4 Å². The zero-order valence-corrected chi connectivity index (χ0v) is 15.2. The van der Waals surface area contributed by atoms with E-state index < -0.39 is 0 Å². The summed E-state index contributed by atoms with van der Waals surface area (Å²) in [5.74, 6) is 1.66. The van der Waals surface area contributed by atoms with Gasteiger partial charge in [-0.05, 0) is 44.4 Å². The number of hydrogen-bond donors (Lipinski definition) is 2. The van der Waals surface area contributed by atoms with E-state index in [0.717, 1.165) is 36.6 Å². The predicted molar refractivity (Wildman–Crippen MR) is 96.6 cm³/mol. The highest BCUT2D eigenvalue weighted by Gasteiger charge is 2.12. The molecule has 0 fully saturated rings. The lowest BCUT2D eigenvalue weighted by Gasteiger charge is -2.18. The minimum atomic E-state index is 0.212. The van der Waals surface area contributed by atoms with Crippen LogP contribution in [0.2, 0.25) is 0 Å². The molecule has 2 N–H and O–H groups in total. The molecule has 0 aliphatic heterocycles. The van der Waals surface area contributed by atoms with Crippen molar-refractivity contribution in [2.24, 2.45) is 0 Å². The number of aryl methyl sites for hydroxylation is 1. The number of benzene rings is 1. The highest BCUT2D eigenvalue weighted by atomic mass is 16.5. The van der Waals surface area contributed by atoms with Gasteiger partial charge in [-0.1, -0.05) is 19.9 Å². The molecule has 0 aliphatic carbocycles. The van der Waals surface area contributed by atoms with E-state index in [9.17, 15) is 0 Å². The maximum Gasteiger partial charge on any atom is 0.161 e. The summed E-state index contributed by atoms with van der Waals surface area (Å²) in [6, 6.07) is 6.41. The van der Waals surface area contributed by atoms with Gasteiger partial charge in [-0.2, -0.15) is 5.10 Å². The van der Waals surface area contributed by atoms with E-state index in [0.29, 0.717) is 13.2 Å². The first-order valence-corrected chi connectivity index (χ1v) is 8.77. The van der Waals surface area contributed by atoms with Gasteiger partial charge < -0.3 is 14.8 Å². The largest absolute Gasteiger partial charge is 0.490 e. The van der Waals surface area contributed by atoms with Gasteiger partial charge in [0.2, 0.25) is 0 Å². The Bertz CT molecular complexity index is 625. The molecule has 0 spiro atoms. The van der Waals surface area contributed by atoms with Crippen molar-refractivity contribution in [1.82, 2.24) is 15.5 Å². The van der Waals surface area contributed by atoms with Crippen LogP contribution in [0.3, 0.4) is 0 Å². The fourth-order valence-electron chi connectivity index (χ4n) is 2.38. The molecule has 1 heterocycles. The number of aromatic nitrogens is 2. The molecule has 0 saturated heterocycles. The molecule has 0 bridgehead atoms. The van der Waals surface area contributed by atoms with Crippen molar-refractivity contribution < 1.29 is 9.47 Å². The Balaban J connectivity index is 2.06. The van der Waals surface area contributed by atoms with Crippen LogP contribution in [0, 0.1) is 6.92 Å². The third kappa shape index (κ3) is 4.99. The molecule has 0 radical (unpaired) electrons. The molecule has 5 nitrogen and oxygen atoms in total. The van der Waals surface area contributed by atoms with Crippen LogP contribution in [0.15, 0.2) is 24.4 Å². The molecule has 1 aromatic heterocycles. The lowest BCUT2D eigenvalue weighted by molar-refractivity contribution is 0.268. The molecule has 2 aromatic rings. The van der Waals surface area contributed by atoms with Crippen molar-refractivity contribution >= 4 is 0 Å². The van der Waals surface area contributed by atoms with Crippen LogP contribution in [0.4, 0.5) is 0 Å². The fourth-order valence-corrected chi connectivity index (χ4v) is 2.38. The van der Waals surface area contributed by atoms with Crippen LogP contribution >= 0.6 is 0 Å². The van der Waals surface area contributed by atoms with E-state index in [-0.39, 0.29) is 6.04 Å². The minimum Gasteiger partial charge on any atom is -0.490 e. The van der Waals surface area contributed by atoms with Crippen molar-refractivity contribution in [2.45, 2.75) is 53.1 Å². The van der Waals surface area contributed by atoms with E-state index in [1.165, 1.54) is 11.1 Å². The highest BCUT2D eigenvalue weighted by molar-refractivity contribution is 5.44. The summed E-state index contributed by atoms with van der Waals surface area (Å²) >= 11 is 0. The SMILES string of the molecule is CCCOc1ccc(C(C)NCc2cn[nH]c2C)cc1OCCC. The second-order valence-electron chi connectivity index (χ2n) is 6.03. The van der Waals surface area contributed by atoms with E-state index >= 15 is 0 Å². The molecule has 1 aromatic carbocycles. The summed E-state index contributed by atoms with van der Waals surface area (Å²) in [6.07, 6.45) is 3.83. The van der Waals surface area contributed by atoms with Crippen LogP contribution in [0.1, 0.15) is 56.5 Å². The van der Waals surface area contributed by atoms with Crippen LogP contribution in [0.5, 0.6) is 11.5 Å². The third-order valence-corrected chi connectivity index (χ3v) is 3.92. The van der Waals surface area contributed by atoms with E-state index in [2.05, 4.69) is 48.4 Å². The zero-order chi connectivity index (χ0) is 17.4. The summed E-state index contributed by atoms with van der Waals surface area (Å²) in [7, 11) is 0. The number of H-pyrrole nitrogens is 1. The number of rotatable bonds is 10. The molecule has 5 heteroatoms. The summed E-state index contributed by atoms with van der Waals surface area (Å²) in [6.45, 7) is 10.6. The van der Waals surface area contributed by atoms with Gasteiger partial charge in [0.1, 0.15) is 0 Å². The molecular formula is C19H29N3O2. The molecule has 0 amide bonds. The maximum atomic E-state index is 5.88. The van der Waals surface area contributed by atoms with Gasteiger partial charge in [-0.3, -0.25) is 5.10 Å². The lowest BCUT2D eigenvalue weighted by atomic mass is 10.1. The second-order valence-corrected chi connectivity index (χ2v) is 6.03.